The Morgan fingerprint density at radius 2 is 1.76 bits per heavy atom. The number of halogens is 3. The Morgan fingerprint density at radius 1 is 1.14 bits per heavy atom. The first-order valence-electron chi connectivity index (χ1n) is 6.44. The van der Waals surface area contributed by atoms with Gasteiger partial charge in [0.25, 0.3) is 0 Å². The second-order valence-corrected chi connectivity index (χ2v) is 8.03. The number of rotatable bonds is 4. The van der Waals surface area contributed by atoms with Crippen LogP contribution in [0.1, 0.15) is 19.3 Å². The summed E-state index contributed by atoms with van der Waals surface area (Å²) in [7, 11) is -2.84. The number of nitrogens with zero attached hydrogens (tertiary/aromatic N) is 1. The van der Waals surface area contributed by atoms with E-state index >= 15 is 0 Å². The minimum absolute atomic E-state index is 0.123. The Morgan fingerprint density at radius 3 is 2.38 bits per heavy atom. The van der Waals surface area contributed by atoms with E-state index in [0.717, 1.165) is 17.1 Å². The molecule has 2 rings (SSSR count). The van der Waals surface area contributed by atoms with Gasteiger partial charge in [0.05, 0.1) is 0 Å². The van der Waals surface area contributed by atoms with E-state index in [1.54, 1.807) is 11.8 Å². The van der Waals surface area contributed by atoms with Crippen molar-refractivity contribution in [2.45, 2.75) is 35.4 Å². The Balaban J connectivity index is 2.40. The first-order chi connectivity index (χ1) is 9.78. The third-order valence-corrected chi connectivity index (χ3v) is 6.87. The number of sulfonamides is 1. The molecular weight excluding hydrogens is 323 g/mol. The Kier molecular flexibility index (Phi) is 4.89. The fourth-order valence-electron chi connectivity index (χ4n) is 2.63. The van der Waals surface area contributed by atoms with Crippen LogP contribution in [-0.4, -0.2) is 37.3 Å². The van der Waals surface area contributed by atoms with Gasteiger partial charge in [0, 0.05) is 24.4 Å². The number of hydrogen-bond donors (Lipinski definition) is 0. The average Bonchev–Trinajstić information content (AvgIpc) is 2.89. The SMILES string of the molecule is CS[C@@H]1CCC[C@H]1N(C)S(=O)(=O)c1cc(F)c(F)cc1F. The summed E-state index contributed by atoms with van der Waals surface area (Å²) in [5, 5.41) is 0.123. The van der Waals surface area contributed by atoms with Crippen molar-refractivity contribution < 1.29 is 21.6 Å². The fourth-order valence-corrected chi connectivity index (χ4v) is 5.22. The number of thioether (sulfide) groups is 1. The van der Waals surface area contributed by atoms with E-state index in [0.29, 0.717) is 12.5 Å². The molecular formula is C13H16F3NO2S2. The molecule has 0 amide bonds. The van der Waals surface area contributed by atoms with Crippen molar-refractivity contribution in [1.29, 1.82) is 0 Å². The molecule has 0 unspecified atom stereocenters. The van der Waals surface area contributed by atoms with Crippen LogP contribution in [0.15, 0.2) is 17.0 Å². The molecule has 0 heterocycles. The Hall–Kier alpha value is -0.730. The molecule has 1 aromatic rings. The number of benzene rings is 1. The van der Waals surface area contributed by atoms with Crippen LogP contribution in [0, 0.1) is 17.5 Å². The van der Waals surface area contributed by atoms with Gasteiger partial charge in [-0.05, 0) is 25.2 Å². The standard InChI is InChI=1S/C13H16F3NO2S2/c1-17(11-4-3-5-12(11)20-2)21(18,19)13-7-9(15)8(14)6-10(13)16/h6-7,11-12H,3-5H2,1-2H3/t11-,12-/m1/s1. The zero-order valence-electron chi connectivity index (χ0n) is 11.6. The van der Waals surface area contributed by atoms with E-state index < -0.39 is 32.4 Å². The highest BCUT2D eigenvalue weighted by Gasteiger charge is 2.37. The summed E-state index contributed by atoms with van der Waals surface area (Å²) in [6.45, 7) is 0. The highest BCUT2D eigenvalue weighted by molar-refractivity contribution is 7.99. The van der Waals surface area contributed by atoms with Crippen molar-refractivity contribution in [1.82, 2.24) is 4.31 Å². The van der Waals surface area contributed by atoms with E-state index in [9.17, 15) is 21.6 Å². The van der Waals surface area contributed by atoms with Gasteiger partial charge < -0.3 is 0 Å². The predicted octanol–water partition coefficient (Wildman–Crippen LogP) is 3.01. The monoisotopic (exact) mass is 339 g/mol. The molecule has 0 saturated heterocycles. The lowest BCUT2D eigenvalue weighted by molar-refractivity contribution is 0.375. The molecule has 1 aliphatic carbocycles. The lowest BCUT2D eigenvalue weighted by Gasteiger charge is -2.28. The number of hydrogen-bond acceptors (Lipinski definition) is 3. The topological polar surface area (TPSA) is 37.4 Å². The zero-order valence-corrected chi connectivity index (χ0v) is 13.3. The molecule has 3 nitrogen and oxygen atoms in total. The smallest absolute Gasteiger partial charge is 0.207 e. The minimum Gasteiger partial charge on any atom is -0.207 e. The van der Waals surface area contributed by atoms with Gasteiger partial charge in [0.1, 0.15) is 10.7 Å². The second-order valence-electron chi connectivity index (χ2n) is 4.99. The first kappa shape index (κ1) is 16.6. The molecule has 118 valence electrons. The van der Waals surface area contributed by atoms with Gasteiger partial charge in [-0.25, -0.2) is 21.6 Å². The van der Waals surface area contributed by atoms with Gasteiger partial charge in [0.15, 0.2) is 11.6 Å². The van der Waals surface area contributed by atoms with E-state index in [1.807, 2.05) is 6.26 Å². The van der Waals surface area contributed by atoms with Crippen LogP contribution < -0.4 is 0 Å². The van der Waals surface area contributed by atoms with E-state index in [2.05, 4.69) is 0 Å². The van der Waals surface area contributed by atoms with Gasteiger partial charge in [-0.2, -0.15) is 16.1 Å². The molecule has 0 radical (unpaired) electrons. The van der Waals surface area contributed by atoms with Gasteiger partial charge in [-0.1, -0.05) is 6.42 Å². The summed E-state index contributed by atoms with van der Waals surface area (Å²) < 4.78 is 65.9. The minimum atomic E-state index is -4.20. The van der Waals surface area contributed by atoms with Crippen LogP contribution in [0.25, 0.3) is 0 Å². The summed E-state index contributed by atoms with van der Waals surface area (Å²) in [5.41, 5.74) is 0. The molecule has 0 spiro atoms. The van der Waals surface area contributed by atoms with Gasteiger partial charge in [-0.3, -0.25) is 0 Å². The van der Waals surface area contributed by atoms with Crippen LogP contribution in [0.2, 0.25) is 0 Å². The first-order valence-corrected chi connectivity index (χ1v) is 9.17. The van der Waals surface area contributed by atoms with E-state index in [4.69, 9.17) is 0 Å². The Bertz CT molecular complexity index is 637. The molecule has 0 aromatic heterocycles. The molecule has 0 aliphatic heterocycles. The van der Waals surface area contributed by atoms with E-state index in [1.165, 1.54) is 7.05 Å². The van der Waals surface area contributed by atoms with E-state index in [-0.39, 0.29) is 17.4 Å². The molecule has 1 saturated carbocycles. The lowest BCUT2D eigenvalue weighted by atomic mass is 10.2. The normalized spacial score (nSPS) is 23.0. The molecule has 1 aromatic carbocycles. The van der Waals surface area contributed by atoms with Crippen molar-refractivity contribution in [2.75, 3.05) is 13.3 Å². The maximum atomic E-state index is 13.7. The second kappa shape index (κ2) is 6.18. The predicted molar refractivity (Wildman–Crippen MR) is 76.2 cm³/mol. The molecule has 8 heteroatoms. The average molecular weight is 339 g/mol. The Labute approximate surface area is 126 Å². The van der Waals surface area contributed by atoms with Crippen LogP contribution in [-0.2, 0) is 10.0 Å². The largest absolute Gasteiger partial charge is 0.246 e. The van der Waals surface area contributed by atoms with Crippen LogP contribution >= 0.6 is 11.8 Å². The molecule has 1 aliphatic rings. The molecule has 21 heavy (non-hydrogen) atoms. The third kappa shape index (κ3) is 3.07. The summed E-state index contributed by atoms with van der Waals surface area (Å²) in [6, 6.07) is 0.397. The summed E-state index contributed by atoms with van der Waals surface area (Å²) >= 11 is 1.56. The van der Waals surface area contributed by atoms with Crippen LogP contribution in [0.4, 0.5) is 13.2 Å². The fraction of sp³-hybridized carbons (Fsp3) is 0.538. The lowest BCUT2D eigenvalue weighted by Crippen LogP contribution is -2.40. The van der Waals surface area contributed by atoms with Gasteiger partial charge >= 0.3 is 0 Å². The van der Waals surface area contributed by atoms with Crippen molar-refractivity contribution in [3.05, 3.63) is 29.6 Å². The van der Waals surface area contributed by atoms with Crippen LogP contribution in [0.3, 0.4) is 0 Å². The highest BCUT2D eigenvalue weighted by Crippen LogP contribution is 2.34. The van der Waals surface area contributed by atoms with Crippen molar-refractivity contribution in [2.24, 2.45) is 0 Å². The van der Waals surface area contributed by atoms with Crippen molar-refractivity contribution >= 4 is 21.8 Å². The zero-order chi connectivity index (χ0) is 15.8. The van der Waals surface area contributed by atoms with Crippen molar-refractivity contribution in [3.8, 4) is 0 Å². The summed E-state index contributed by atoms with van der Waals surface area (Å²) in [4.78, 5) is -0.823. The summed E-state index contributed by atoms with van der Waals surface area (Å²) in [5.74, 6) is -4.06. The quantitative estimate of drug-likeness (QED) is 0.792. The maximum Gasteiger partial charge on any atom is 0.246 e. The molecule has 0 bridgehead atoms. The maximum absolute atomic E-state index is 13.7. The molecule has 0 N–H and O–H groups in total. The summed E-state index contributed by atoms with van der Waals surface area (Å²) in [6.07, 6.45) is 4.33. The van der Waals surface area contributed by atoms with Crippen molar-refractivity contribution in [3.63, 3.8) is 0 Å². The van der Waals surface area contributed by atoms with Gasteiger partial charge in [0.2, 0.25) is 10.0 Å². The van der Waals surface area contributed by atoms with Gasteiger partial charge in [-0.15, -0.1) is 0 Å². The van der Waals surface area contributed by atoms with Crippen LogP contribution in [0.5, 0.6) is 0 Å². The molecule has 2 atom stereocenters. The molecule has 1 fully saturated rings. The third-order valence-electron chi connectivity index (χ3n) is 3.82. The highest BCUT2D eigenvalue weighted by atomic mass is 32.2.